The van der Waals surface area contributed by atoms with Gasteiger partial charge in [0, 0.05) is 17.1 Å². The van der Waals surface area contributed by atoms with Crippen molar-refractivity contribution in [3.05, 3.63) is 24.3 Å². The van der Waals surface area contributed by atoms with Gasteiger partial charge in [-0.2, -0.15) is 0 Å². The molecule has 1 aliphatic carbocycles. The van der Waals surface area contributed by atoms with Gasteiger partial charge >= 0.3 is 0 Å². The molecule has 1 aromatic carbocycles. The fraction of sp³-hybridized carbons (Fsp3) is 0.600. The zero-order valence-electron chi connectivity index (χ0n) is 11.5. The van der Waals surface area contributed by atoms with Crippen molar-refractivity contribution in [3.8, 4) is 0 Å². The van der Waals surface area contributed by atoms with Crippen LogP contribution in [0, 0.1) is 0 Å². The highest BCUT2D eigenvalue weighted by Crippen LogP contribution is 2.21. The van der Waals surface area contributed by atoms with Crippen molar-refractivity contribution in [3.63, 3.8) is 0 Å². The Morgan fingerprint density at radius 3 is 2.95 bits per heavy atom. The van der Waals surface area contributed by atoms with E-state index in [2.05, 4.69) is 23.7 Å². The van der Waals surface area contributed by atoms with Crippen LogP contribution in [0.25, 0.3) is 0 Å². The maximum absolute atomic E-state index is 9.90. The maximum Gasteiger partial charge on any atom is 0.0945 e. The van der Waals surface area contributed by atoms with E-state index < -0.39 is 6.10 Å². The summed E-state index contributed by atoms with van der Waals surface area (Å²) in [6.45, 7) is 0.963. The van der Waals surface area contributed by atoms with E-state index in [1.165, 1.54) is 17.7 Å². The van der Waals surface area contributed by atoms with Gasteiger partial charge in [0.25, 0.3) is 0 Å². The lowest BCUT2D eigenvalue weighted by atomic mass is 10.3. The molecule has 2 rings (SSSR count). The minimum Gasteiger partial charge on any atom is -0.389 e. The van der Waals surface area contributed by atoms with Gasteiger partial charge in [-0.3, -0.25) is 0 Å². The topological polar surface area (TPSA) is 41.5 Å². The van der Waals surface area contributed by atoms with Crippen LogP contribution in [0.4, 0.5) is 5.69 Å². The fourth-order valence-electron chi connectivity index (χ4n) is 2.33. The molecule has 0 saturated heterocycles. The summed E-state index contributed by atoms with van der Waals surface area (Å²) in [6.07, 6.45) is 6.81. The minimum atomic E-state index is -0.446. The van der Waals surface area contributed by atoms with Gasteiger partial charge in [-0.1, -0.05) is 18.9 Å². The number of hydrogen-bond donors (Lipinski definition) is 2. The third-order valence-corrected chi connectivity index (χ3v) is 4.16. The smallest absolute Gasteiger partial charge is 0.0945 e. The summed E-state index contributed by atoms with van der Waals surface area (Å²) in [5, 5.41) is 13.2. The van der Waals surface area contributed by atoms with Gasteiger partial charge in [0.05, 0.1) is 18.8 Å². The van der Waals surface area contributed by atoms with Crippen molar-refractivity contribution < 1.29 is 9.84 Å². The Kier molecular flexibility index (Phi) is 6.01. The number of anilines is 1. The molecule has 0 bridgehead atoms. The summed E-state index contributed by atoms with van der Waals surface area (Å²) < 4.78 is 5.70. The monoisotopic (exact) mass is 281 g/mol. The molecule has 0 aromatic heterocycles. The Morgan fingerprint density at radius 1 is 1.42 bits per heavy atom. The van der Waals surface area contributed by atoms with Gasteiger partial charge < -0.3 is 15.2 Å². The number of aliphatic hydroxyl groups is 1. The molecule has 19 heavy (non-hydrogen) atoms. The summed E-state index contributed by atoms with van der Waals surface area (Å²) in [4.78, 5) is 1.22. The van der Waals surface area contributed by atoms with E-state index in [-0.39, 0.29) is 0 Å². The van der Waals surface area contributed by atoms with Crippen molar-refractivity contribution in [1.29, 1.82) is 0 Å². The first-order chi connectivity index (χ1) is 9.28. The van der Waals surface area contributed by atoms with Crippen LogP contribution in [0.3, 0.4) is 0 Å². The Labute approximate surface area is 119 Å². The third-order valence-electron chi connectivity index (χ3n) is 3.44. The van der Waals surface area contributed by atoms with E-state index in [1.807, 2.05) is 12.1 Å². The normalized spacial score (nSPS) is 17.6. The molecule has 1 unspecified atom stereocenters. The van der Waals surface area contributed by atoms with Gasteiger partial charge in [-0.25, -0.2) is 0 Å². The highest BCUT2D eigenvalue weighted by atomic mass is 32.2. The second-order valence-electron chi connectivity index (χ2n) is 5.01. The van der Waals surface area contributed by atoms with Crippen molar-refractivity contribution in [2.75, 3.05) is 24.7 Å². The van der Waals surface area contributed by atoms with E-state index in [4.69, 9.17) is 4.74 Å². The number of ether oxygens (including phenoxy) is 1. The predicted octanol–water partition coefficient (Wildman–Crippen LogP) is 3.14. The highest BCUT2D eigenvalue weighted by molar-refractivity contribution is 7.98. The molecule has 1 aliphatic rings. The summed E-state index contributed by atoms with van der Waals surface area (Å²) in [6, 6.07) is 8.21. The van der Waals surface area contributed by atoms with E-state index >= 15 is 0 Å². The molecule has 3 nitrogen and oxygen atoms in total. The molecule has 0 radical (unpaired) electrons. The summed E-state index contributed by atoms with van der Waals surface area (Å²) >= 11 is 1.72. The van der Waals surface area contributed by atoms with E-state index in [0.717, 1.165) is 18.5 Å². The largest absolute Gasteiger partial charge is 0.389 e. The van der Waals surface area contributed by atoms with Crippen LogP contribution < -0.4 is 5.32 Å². The van der Waals surface area contributed by atoms with Crippen molar-refractivity contribution >= 4 is 17.4 Å². The number of thioether (sulfide) groups is 1. The van der Waals surface area contributed by atoms with Crippen LogP contribution in [0.5, 0.6) is 0 Å². The first-order valence-electron chi connectivity index (χ1n) is 6.95. The van der Waals surface area contributed by atoms with Crippen LogP contribution in [0.15, 0.2) is 29.2 Å². The van der Waals surface area contributed by atoms with Crippen molar-refractivity contribution in [2.24, 2.45) is 0 Å². The molecular weight excluding hydrogens is 258 g/mol. The number of rotatable bonds is 7. The lowest BCUT2D eigenvalue weighted by molar-refractivity contribution is -0.00117. The molecule has 1 atom stereocenters. The lowest BCUT2D eigenvalue weighted by Gasteiger charge is -2.16. The molecule has 4 heteroatoms. The fourth-order valence-corrected chi connectivity index (χ4v) is 2.79. The second-order valence-corrected chi connectivity index (χ2v) is 5.89. The molecule has 0 heterocycles. The van der Waals surface area contributed by atoms with E-state index in [1.54, 1.807) is 11.8 Å². The number of aliphatic hydroxyl groups excluding tert-OH is 1. The number of nitrogens with one attached hydrogen (secondary N) is 1. The average Bonchev–Trinajstić information content (AvgIpc) is 2.96. The molecular formula is C15H23NO2S. The SMILES string of the molecule is CSc1cccc(NCC(O)COC2CCCC2)c1. The van der Waals surface area contributed by atoms with Gasteiger partial charge in [0.2, 0.25) is 0 Å². The zero-order valence-corrected chi connectivity index (χ0v) is 12.3. The maximum atomic E-state index is 9.90. The number of benzene rings is 1. The average molecular weight is 281 g/mol. The van der Waals surface area contributed by atoms with Gasteiger partial charge in [-0.05, 0) is 37.3 Å². The van der Waals surface area contributed by atoms with Crippen molar-refractivity contribution in [1.82, 2.24) is 0 Å². The van der Waals surface area contributed by atoms with E-state index in [9.17, 15) is 5.11 Å². The molecule has 0 spiro atoms. The quantitative estimate of drug-likeness (QED) is 0.753. The van der Waals surface area contributed by atoms with Gasteiger partial charge in [-0.15, -0.1) is 11.8 Å². The third kappa shape index (κ3) is 5.05. The Balaban J connectivity index is 1.68. The van der Waals surface area contributed by atoms with Crippen molar-refractivity contribution in [2.45, 2.75) is 42.8 Å². The van der Waals surface area contributed by atoms with Crippen LogP contribution in [0.1, 0.15) is 25.7 Å². The van der Waals surface area contributed by atoms with Crippen LogP contribution in [0.2, 0.25) is 0 Å². The first-order valence-corrected chi connectivity index (χ1v) is 8.18. The summed E-state index contributed by atoms with van der Waals surface area (Å²) in [7, 11) is 0. The molecule has 106 valence electrons. The van der Waals surface area contributed by atoms with Crippen LogP contribution >= 0.6 is 11.8 Å². The standard InChI is InChI=1S/C15H23NO2S/c1-19-15-8-4-5-12(9-15)16-10-13(17)11-18-14-6-2-3-7-14/h4-5,8-9,13-14,16-17H,2-3,6-7,10-11H2,1H3. The summed E-state index contributed by atoms with van der Waals surface area (Å²) in [5.74, 6) is 0. The first kappa shape index (κ1) is 14.7. The van der Waals surface area contributed by atoms with Crippen LogP contribution in [-0.4, -0.2) is 36.7 Å². The molecule has 0 aliphatic heterocycles. The molecule has 1 saturated carbocycles. The second kappa shape index (κ2) is 7.78. The Bertz CT molecular complexity index is 380. The van der Waals surface area contributed by atoms with Gasteiger partial charge in [0.1, 0.15) is 0 Å². The molecule has 2 N–H and O–H groups in total. The van der Waals surface area contributed by atoms with Gasteiger partial charge in [0.15, 0.2) is 0 Å². The van der Waals surface area contributed by atoms with E-state index in [0.29, 0.717) is 19.3 Å². The minimum absolute atomic E-state index is 0.370. The summed E-state index contributed by atoms with van der Waals surface area (Å²) in [5.41, 5.74) is 1.05. The molecule has 1 aromatic rings. The Morgan fingerprint density at radius 2 is 2.21 bits per heavy atom. The Hall–Kier alpha value is -0.710. The molecule has 1 fully saturated rings. The predicted molar refractivity (Wildman–Crippen MR) is 80.9 cm³/mol. The number of hydrogen-bond acceptors (Lipinski definition) is 4. The van der Waals surface area contributed by atoms with Crippen LogP contribution in [-0.2, 0) is 4.74 Å². The zero-order chi connectivity index (χ0) is 13.5. The molecule has 0 amide bonds. The lowest BCUT2D eigenvalue weighted by Crippen LogP contribution is -2.27. The highest BCUT2D eigenvalue weighted by Gasteiger charge is 2.16.